The Morgan fingerprint density at radius 1 is 1.47 bits per heavy atom. The van der Waals surface area contributed by atoms with Crippen LogP contribution in [0.3, 0.4) is 0 Å². The highest BCUT2D eigenvalue weighted by Crippen LogP contribution is 2.10. The molecule has 0 N–H and O–H groups in total. The van der Waals surface area contributed by atoms with E-state index in [-0.39, 0.29) is 13.2 Å². The molecule has 1 aromatic rings. The van der Waals surface area contributed by atoms with Gasteiger partial charge in [0.2, 0.25) is 0 Å². The minimum atomic E-state index is -4.82. The van der Waals surface area contributed by atoms with Crippen molar-refractivity contribution >= 4 is 10.2 Å². The van der Waals surface area contributed by atoms with Crippen molar-refractivity contribution in [3.05, 3.63) is 5.82 Å². The minimum Gasteiger partial charge on any atom is -0.380 e. The second-order valence-electron chi connectivity index (χ2n) is 2.82. The van der Waals surface area contributed by atoms with Gasteiger partial charge in [-0.3, -0.25) is 4.57 Å². The van der Waals surface area contributed by atoms with Gasteiger partial charge in [-0.25, -0.2) is 0 Å². The van der Waals surface area contributed by atoms with Crippen LogP contribution in [0.1, 0.15) is 12.7 Å². The Hall–Kier alpha value is -1.02. The van der Waals surface area contributed by atoms with Crippen LogP contribution in [0.25, 0.3) is 0 Å². The normalized spacial score (nSPS) is 11.9. The molecule has 0 atom stereocenters. The molecule has 0 fully saturated rings. The molecular formula is C7H12FN3O3S. The number of ether oxygens (including phenoxy) is 1. The van der Waals surface area contributed by atoms with Crippen LogP contribution in [0.15, 0.2) is 5.16 Å². The van der Waals surface area contributed by atoms with Crippen molar-refractivity contribution in [2.24, 2.45) is 0 Å². The smallest absolute Gasteiger partial charge is 0.368 e. The third kappa shape index (κ3) is 2.96. The molecule has 0 aromatic carbocycles. The van der Waals surface area contributed by atoms with Crippen LogP contribution in [0, 0.1) is 6.92 Å². The van der Waals surface area contributed by atoms with Crippen LogP contribution in [0.2, 0.25) is 0 Å². The molecule has 1 aromatic heterocycles. The third-order valence-electron chi connectivity index (χ3n) is 1.78. The Labute approximate surface area is 87.3 Å². The van der Waals surface area contributed by atoms with Gasteiger partial charge in [0.05, 0.1) is 13.2 Å². The predicted molar refractivity (Wildman–Crippen MR) is 49.5 cm³/mol. The fraction of sp³-hybridized carbons (Fsp3) is 0.714. The zero-order valence-electron chi connectivity index (χ0n) is 8.47. The van der Waals surface area contributed by atoms with Gasteiger partial charge in [-0.15, -0.1) is 10.2 Å². The van der Waals surface area contributed by atoms with Crippen LogP contribution in [-0.2, 0) is 21.5 Å². The minimum absolute atomic E-state index is 0.213. The molecule has 1 rings (SSSR count). The van der Waals surface area contributed by atoms with Crippen molar-refractivity contribution in [2.75, 3.05) is 13.2 Å². The number of hydrogen-bond acceptors (Lipinski definition) is 5. The first-order valence-electron chi connectivity index (χ1n) is 4.39. The van der Waals surface area contributed by atoms with E-state index in [0.29, 0.717) is 12.4 Å². The summed E-state index contributed by atoms with van der Waals surface area (Å²) < 4.78 is 40.3. The molecule has 0 unspecified atom stereocenters. The van der Waals surface area contributed by atoms with Gasteiger partial charge in [-0.05, 0) is 13.8 Å². The molecular weight excluding hydrogens is 225 g/mol. The second kappa shape index (κ2) is 4.67. The van der Waals surface area contributed by atoms with Crippen molar-refractivity contribution in [3.8, 4) is 0 Å². The van der Waals surface area contributed by atoms with E-state index in [1.54, 1.807) is 6.92 Å². The Morgan fingerprint density at radius 3 is 2.67 bits per heavy atom. The quantitative estimate of drug-likeness (QED) is 0.543. The van der Waals surface area contributed by atoms with E-state index in [0.717, 1.165) is 0 Å². The number of halogens is 1. The molecule has 1 heterocycles. The molecule has 0 aliphatic rings. The van der Waals surface area contributed by atoms with Crippen LogP contribution < -0.4 is 0 Å². The lowest BCUT2D eigenvalue weighted by Gasteiger charge is -2.05. The summed E-state index contributed by atoms with van der Waals surface area (Å²) in [6, 6.07) is 0. The molecule has 0 radical (unpaired) electrons. The van der Waals surface area contributed by atoms with Gasteiger partial charge < -0.3 is 4.74 Å². The van der Waals surface area contributed by atoms with Gasteiger partial charge in [0, 0.05) is 6.61 Å². The van der Waals surface area contributed by atoms with Crippen molar-refractivity contribution in [1.29, 1.82) is 0 Å². The molecule has 0 bridgehead atoms. The largest absolute Gasteiger partial charge is 0.380 e. The van der Waals surface area contributed by atoms with Gasteiger partial charge in [-0.1, -0.05) is 3.89 Å². The molecule has 0 spiro atoms. The average molecular weight is 237 g/mol. The van der Waals surface area contributed by atoms with Crippen LogP contribution in [-0.4, -0.2) is 36.4 Å². The summed E-state index contributed by atoms with van der Waals surface area (Å²) in [6.45, 7) is 4.38. The molecule has 86 valence electrons. The summed E-state index contributed by atoms with van der Waals surface area (Å²) in [4.78, 5) is 0. The maximum Gasteiger partial charge on any atom is 0.368 e. The Balaban J connectivity index is 2.90. The highest BCUT2D eigenvalue weighted by Gasteiger charge is 2.22. The summed E-state index contributed by atoms with van der Waals surface area (Å²) in [5.74, 6) is 0.339. The van der Waals surface area contributed by atoms with Gasteiger partial charge in [-0.2, -0.15) is 8.42 Å². The summed E-state index contributed by atoms with van der Waals surface area (Å²) >= 11 is 0. The van der Waals surface area contributed by atoms with Crippen molar-refractivity contribution in [2.45, 2.75) is 25.5 Å². The number of aryl methyl sites for hydroxylation is 1. The Morgan fingerprint density at radius 2 is 2.13 bits per heavy atom. The fourth-order valence-electron chi connectivity index (χ4n) is 1.10. The number of nitrogens with zero attached hydrogens (tertiary/aromatic N) is 3. The average Bonchev–Trinajstić information content (AvgIpc) is 2.48. The van der Waals surface area contributed by atoms with E-state index < -0.39 is 15.4 Å². The Bertz CT molecular complexity index is 429. The maximum absolute atomic E-state index is 12.7. The molecule has 0 amide bonds. The summed E-state index contributed by atoms with van der Waals surface area (Å²) in [5.41, 5.74) is 0. The van der Waals surface area contributed by atoms with E-state index >= 15 is 0 Å². The first-order chi connectivity index (χ1) is 6.96. The van der Waals surface area contributed by atoms with Crippen LogP contribution in [0.4, 0.5) is 3.89 Å². The molecule has 0 aliphatic heterocycles. The standard InChI is InChI=1S/C7H12FN3O3S/c1-3-14-5-4-11-6(2)9-10-7(11)15(8,12)13/h3-5H2,1-2H3. The lowest BCUT2D eigenvalue weighted by atomic mass is 10.6. The van der Waals surface area contributed by atoms with E-state index in [2.05, 4.69) is 10.2 Å². The van der Waals surface area contributed by atoms with Gasteiger partial charge in [0.1, 0.15) is 5.82 Å². The molecule has 6 nitrogen and oxygen atoms in total. The SMILES string of the molecule is CCOCCn1c(C)nnc1S(=O)(=O)F. The van der Waals surface area contributed by atoms with E-state index in [1.165, 1.54) is 4.57 Å². The monoisotopic (exact) mass is 237 g/mol. The van der Waals surface area contributed by atoms with Crippen LogP contribution >= 0.6 is 0 Å². The fourth-order valence-corrected chi connectivity index (χ4v) is 1.72. The summed E-state index contributed by atoms with van der Waals surface area (Å²) in [6.07, 6.45) is 0. The summed E-state index contributed by atoms with van der Waals surface area (Å²) in [7, 11) is -4.82. The highest BCUT2D eigenvalue weighted by atomic mass is 32.3. The highest BCUT2D eigenvalue weighted by molar-refractivity contribution is 7.86. The number of rotatable bonds is 5. The first-order valence-corrected chi connectivity index (χ1v) is 5.77. The second-order valence-corrected chi connectivity index (χ2v) is 4.06. The molecule has 0 saturated heterocycles. The molecule has 0 aliphatic carbocycles. The number of hydrogen-bond donors (Lipinski definition) is 0. The van der Waals surface area contributed by atoms with Gasteiger partial charge >= 0.3 is 10.2 Å². The first kappa shape index (κ1) is 12.1. The van der Waals surface area contributed by atoms with Crippen molar-refractivity contribution < 1.29 is 17.0 Å². The Kier molecular flexibility index (Phi) is 3.75. The summed E-state index contributed by atoms with van der Waals surface area (Å²) in [5, 5.41) is 6.09. The lowest BCUT2D eigenvalue weighted by Crippen LogP contribution is -2.12. The molecule has 0 saturated carbocycles. The van der Waals surface area contributed by atoms with E-state index in [4.69, 9.17) is 4.74 Å². The van der Waals surface area contributed by atoms with E-state index in [1.807, 2.05) is 6.92 Å². The van der Waals surface area contributed by atoms with Crippen molar-refractivity contribution in [3.63, 3.8) is 0 Å². The lowest BCUT2D eigenvalue weighted by molar-refractivity contribution is 0.136. The third-order valence-corrected chi connectivity index (χ3v) is 2.52. The predicted octanol–water partition coefficient (Wildman–Crippen LogP) is 0.281. The zero-order valence-corrected chi connectivity index (χ0v) is 9.29. The van der Waals surface area contributed by atoms with Gasteiger partial charge in [0.15, 0.2) is 0 Å². The molecule has 15 heavy (non-hydrogen) atoms. The molecule has 8 heteroatoms. The topological polar surface area (TPSA) is 74.1 Å². The van der Waals surface area contributed by atoms with E-state index in [9.17, 15) is 12.3 Å². The zero-order chi connectivity index (χ0) is 11.5. The maximum atomic E-state index is 12.7. The van der Waals surface area contributed by atoms with Crippen LogP contribution in [0.5, 0.6) is 0 Å². The number of aromatic nitrogens is 3. The van der Waals surface area contributed by atoms with Crippen molar-refractivity contribution in [1.82, 2.24) is 14.8 Å². The van der Waals surface area contributed by atoms with Gasteiger partial charge in [0.25, 0.3) is 5.16 Å².